The molecule has 142 valence electrons. The quantitative estimate of drug-likeness (QED) is 0.627. The zero-order chi connectivity index (χ0) is 18.7. The molecular weight excluding hydrogens is 358 g/mol. The normalized spacial score (nSPS) is 22.3. The molecule has 0 bridgehead atoms. The highest BCUT2D eigenvalue weighted by atomic mass is 32.2. The molecule has 0 aliphatic carbocycles. The van der Waals surface area contributed by atoms with Gasteiger partial charge in [-0.15, -0.1) is 0 Å². The summed E-state index contributed by atoms with van der Waals surface area (Å²) in [6.45, 7) is 2.24. The van der Waals surface area contributed by atoms with Crippen LogP contribution in [0.1, 0.15) is 12.8 Å². The largest absolute Gasteiger partial charge is 0.341 e. The molecular formula is C16H23N5O4S. The van der Waals surface area contributed by atoms with Gasteiger partial charge in [-0.1, -0.05) is 0 Å². The van der Waals surface area contributed by atoms with E-state index < -0.39 is 9.84 Å². The van der Waals surface area contributed by atoms with Crippen LogP contribution in [-0.2, 0) is 19.4 Å². The van der Waals surface area contributed by atoms with E-state index in [2.05, 4.69) is 9.97 Å². The lowest BCUT2D eigenvalue weighted by Crippen LogP contribution is -2.50. The Labute approximate surface area is 152 Å². The number of nitrogens with zero attached hydrogens (tertiary/aromatic N) is 5. The summed E-state index contributed by atoms with van der Waals surface area (Å²) in [5, 5.41) is 0. The van der Waals surface area contributed by atoms with Crippen molar-refractivity contribution in [2.75, 3.05) is 49.6 Å². The molecule has 1 aromatic heterocycles. The van der Waals surface area contributed by atoms with Crippen molar-refractivity contribution in [1.29, 1.82) is 0 Å². The molecule has 2 saturated heterocycles. The summed E-state index contributed by atoms with van der Waals surface area (Å²) in [7, 11) is -1.49. The lowest BCUT2D eigenvalue weighted by Gasteiger charge is -2.35. The second kappa shape index (κ2) is 7.56. The highest BCUT2D eigenvalue weighted by Crippen LogP contribution is 2.18. The van der Waals surface area contributed by atoms with E-state index in [0.717, 1.165) is 0 Å². The van der Waals surface area contributed by atoms with E-state index >= 15 is 0 Å². The first-order valence-corrected chi connectivity index (χ1v) is 10.4. The van der Waals surface area contributed by atoms with Gasteiger partial charge in [0.05, 0.1) is 11.5 Å². The summed E-state index contributed by atoms with van der Waals surface area (Å²) in [5.74, 6) is 0.173. The molecule has 0 saturated carbocycles. The lowest BCUT2D eigenvalue weighted by molar-refractivity contribution is -0.141. The van der Waals surface area contributed by atoms with Gasteiger partial charge in [-0.05, 0) is 12.5 Å². The van der Waals surface area contributed by atoms with E-state index in [4.69, 9.17) is 0 Å². The van der Waals surface area contributed by atoms with Crippen LogP contribution in [0, 0.1) is 0 Å². The number of anilines is 1. The molecule has 0 radical (unpaired) electrons. The van der Waals surface area contributed by atoms with Crippen molar-refractivity contribution in [3.05, 3.63) is 18.5 Å². The van der Waals surface area contributed by atoms with Crippen LogP contribution in [0.15, 0.2) is 18.5 Å². The zero-order valence-corrected chi connectivity index (χ0v) is 15.6. The number of carbonyl (C=O) groups excluding carboxylic acids is 2. The molecule has 3 rings (SSSR count). The summed E-state index contributed by atoms with van der Waals surface area (Å²) in [4.78, 5) is 38.2. The molecule has 26 heavy (non-hydrogen) atoms. The minimum absolute atomic E-state index is 0.0147. The number of aromatic nitrogens is 2. The number of rotatable bonds is 4. The van der Waals surface area contributed by atoms with Gasteiger partial charge in [0.1, 0.15) is 6.42 Å². The van der Waals surface area contributed by atoms with Crippen LogP contribution in [0.2, 0.25) is 0 Å². The van der Waals surface area contributed by atoms with Crippen LogP contribution in [0.3, 0.4) is 0 Å². The minimum Gasteiger partial charge on any atom is -0.341 e. The fourth-order valence-corrected chi connectivity index (χ4v) is 5.04. The third kappa shape index (κ3) is 4.29. The van der Waals surface area contributed by atoms with Crippen LogP contribution in [-0.4, -0.2) is 90.8 Å². The Morgan fingerprint density at radius 1 is 1.19 bits per heavy atom. The summed E-state index contributed by atoms with van der Waals surface area (Å²) >= 11 is 0. The molecule has 2 aliphatic rings. The van der Waals surface area contributed by atoms with Gasteiger partial charge in [-0.3, -0.25) is 9.59 Å². The van der Waals surface area contributed by atoms with E-state index in [0.29, 0.717) is 38.5 Å². The van der Waals surface area contributed by atoms with E-state index in [1.165, 1.54) is 4.90 Å². The molecule has 10 heteroatoms. The van der Waals surface area contributed by atoms with Crippen LogP contribution in [0.5, 0.6) is 0 Å². The van der Waals surface area contributed by atoms with E-state index in [-0.39, 0.29) is 35.8 Å². The fourth-order valence-electron chi connectivity index (χ4n) is 3.26. The molecule has 1 aromatic rings. The van der Waals surface area contributed by atoms with Gasteiger partial charge in [0.25, 0.3) is 0 Å². The predicted octanol–water partition coefficient (Wildman–Crippen LogP) is -0.839. The van der Waals surface area contributed by atoms with Crippen molar-refractivity contribution < 1.29 is 18.0 Å². The summed E-state index contributed by atoms with van der Waals surface area (Å²) in [5.41, 5.74) is 0. The molecule has 2 aliphatic heterocycles. The molecule has 1 unspecified atom stereocenters. The average Bonchev–Trinajstić information content (AvgIpc) is 3.01. The Morgan fingerprint density at radius 2 is 1.85 bits per heavy atom. The fraction of sp³-hybridized carbons (Fsp3) is 0.625. The van der Waals surface area contributed by atoms with Crippen LogP contribution in [0.4, 0.5) is 5.95 Å². The van der Waals surface area contributed by atoms with Crippen LogP contribution in [0.25, 0.3) is 0 Å². The lowest BCUT2D eigenvalue weighted by atomic mass is 10.2. The topological polar surface area (TPSA) is 104 Å². The molecule has 0 aromatic carbocycles. The highest BCUT2D eigenvalue weighted by Gasteiger charge is 2.34. The highest BCUT2D eigenvalue weighted by molar-refractivity contribution is 7.91. The molecule has 1 atom stereocenters. The molecule has 0 spiro atoms. The summed E-state index contributed by atoms with van der Waals surface area (Å²) in [6.07, 6.45) is 3.57. The van der Waals surface area contributed by atoms with Crippen molar-refractivity contribution in [3.8, 4) is 0 Å². The Hall–Kier alpha value is -2.23. The van der Waals surface area contributed by atoms with Gasteiger partial charge in [-0.25, -0.2) is 18.4 Å². The van der Waals surface area contributed by atoms with Gasteiger partial charge >= 0.3 is 0 Å². The molecule has 0 N–H and O–H groups in total. The molecule has 2 fully saturated rings. The van der Waals surface area contributed by atoms with Gasteiger partial charge in [0.2, 0.25) is 17.8 Å². The van der Waals surface area contributed by atoms with Crippen molar-refractivity contribution in [2.45, 2.75) is 18.9 Å². The first-order valence-electron chi connectivity index (χ1n) is 8.61. The maximum Gasteiger partial charge on any atom is 0.232 e. The number of amides is 2. The monoisotopic (exact) mass is 381 g/mol. The predicted molar refractivity (Wildman–Crippen MR) is 95.3 cm³/mol. The van der Waals surface area contributed by atoms with Crippen molar-refractivity contribution in [3.63, 3.8) is 0 Å². The zero-order valence-electron chi connectivity index (χ0n) is 14.7. The van der Waals surface area contributed by atoms with Gasteiger partial charge in [0, 0.05) is 51.7 Å². The first-order chi connectivity index (χ1) is 12.4. The number of hydrogen-bond acceptors (Lipinski definition) is 7. The maximum absolute atomic E-state index is 12.4. The Bertz CT molecular complexity index is 762. The number of piperazine rings is 1. The third-order valence-corrected chi connectivity index (χ3v) is 6.67. The van der Waals surface area contributed by atoms with Crippen LogP contribution < -0.4 is 4.90 Å². The molecule has 2 amide bonds. The van der Waals surface area contributed by atoms with E-state index in [1.54, 1.807) is 30.4 Å². The average molecular weight is 381 g/mol. The van der Waals surface area contributed by atoms with Crippen molar-refractivity contribution >= 4 is 27.6 Å². The Morgan fingerprint density at radius 3 is 2.42 bits per heavy atom. The van der Waals surface area contributed by atoms with E-state index in [9.17, 15) is 18.0 Å². The van der Waals surface area contributed by atoms with Crippen molar-refractivity contribution in [2.24, 2.45) is 0 Å². The van der Waals surface area contributed by atoms with Gasteiger partial charge < -0.3 is 14.7 Å². The maximum atomic E-state index is 12.4. The number of sulfone groups is 1. The second-order valence-electron chi connectivity index (χ2n) is 6.65. The number of carbonyl (C=O) groups is 2. The standard InChI is InChI=1S/C16H23N5O4S/c1-19(13-3-10-26(24,25)12-13)14(22)11-15(23)20-6-8-21(9-7-20)16-17-4-2-5-18-16/h2,4-5,13H,3,6-12H2,1H3. The Balaban J connectivity index is 1.49. The van der Waals surface area contributed by atoms with Crippen LogP contribution >= 0.6 is 0 Å². The van der Waals surface area contributed by atoms with Gasteiger partial charge in [-0.2, -0.15) is 0 Å². The van der Waals surface area contributed by atoms with Crippen molar-refractivity contribution in [1.82, 2.24) is 19.8 Å². The molecule has 9 nitrogen and oxygen atoms in total. The third-order valence-electron chi connectivity index (χ3n) is 4.92. The van der Waals surface area contributed by atoms with E-state index in [1.807, 2.05) is 4.90 Å². The number of hydrogen-bond donors (Lipinski definition) is 0. The summed E-state index contributed by atoms with van der Waals surface area (Å²) < 4.78 is 23.1. The first kappa shape index (κ1) is 18.6. The smallest absolute Gasteiger partial charge is 0.232 e. The molecule has 3 heterocycles. The summed E-state index contributed by atoms with van der Waals surface area (Å²) in [6, 6.07) is 1.42. The SMILES string of the molecule is CN(C(=O)CC(=O)N1CCN(c2ncccn2)CC1)C1CCS(=O)(=O)C1. The van der Waals surface area contributed by atoms with Gasteiger partial charge in [0.15, 0.2) is 9.84 Å². The minimum atomic E-state index is -3.06. The second-order valence-corrected chi connectivity index (χ2v) is 8.88. The Kier molecular flexibility index (Phi) is 5.40.